The fraction of sp³-hybridized carbons (Fsp3) is 0.176. The molecule has 0 spiro atoms. The van der Waals surface area contributed by atoms with Crippen molar-refractivity contribution < 1.29 is 24.2 Å². The lowest BCUT2D eigenvalue weighted by Crippen LogP contribution is -2.20. The van der Waals surface area contributed by atoms with E-state index in [1.807, 2.05) is 6.92 Å². The summed E-state index contributed by atoms with van der Waals surface area (Å²) >= 11 is 5.69. The fourth-order valence-corrected chi connectivity index (χ4v) is 2.05. The maximum absolute atomic E-state index is 11.8. The number of aromatic hydroxyl groups is 1. The number of ether oxygens (including phenoxy) is 2. The molecule has 126 valence electrons. The van der Waals surface area contributed by atoms with Crippen molar-refractivity contribution >= 4 is 29.2 Å². The van der Waals surface area contributed by atoms with Gasteiger partial charge in [0.15, 0.2) is 6.61 Å². The average molecular weight is 350 g/mol. The third-order valence-electron chi connectivity index (χ3n) is 2.96. The van der Waals surface area contributed by atoms with Crippen molar-refractivity contribution in [3.8, 4) is 11.5 Å². The fourth-order valence-electron chi connectivity index (χ4n) is 1.88. The molecule has 0 aliphatic heterocycles. The van der Waals surface area contributed by atoms with Gasteiger partial charge in [-0.15, -0.1) is 0 Å². The normalized spacial score (nSPS) is 10.1. The Balaban J connectivity index is 1.87. The van der Waals surface area contributed by atoms with Gasteiger partial charge in [-0.2, -0.15) is 0 Å². The highest BCUT2D eigenvalue weighted by Crippen LogP contribution is 2.22. The molecule has 2 N–H and O–H groups in total. The number of phenols is 1. The molecule has 0 aliphatic carbocycles. The maximum Gasteiger partial charge on any atom is 0.342 e. The number of halogens is 1. The molecule has 1 amide bonds. The van der Waals surface area contributed by atoms with Crippen molar-refractivity contribution in [3.63, 3.8) is 0 Å². The molecule has 0 fully saturated rings. The van der Waals surface area contributed by atoms with Crippen LogP contribution in [0.5, 0.6) is 11.5 Å². The van der Waals surface area contributed by atoms with Gasteiger partial charge in [0.2, 0.25) is 0 Å². The summed E-state index contributed by atoms with van der Waals surface area (Å²) in [6.45, 7) is 1.95. The van der Waals surface area contributed by atoms with Crippen molar-refractivity contribution in [1.29, 1.82) is 0 Å². The predicted molar refractivity (Wildman–Crippen MR) is 89.6 cm³/mol. The van der Waals surface area contributed by atoms with Gasteiger partial charge < -0.3 is 19.9 Å². The molecular formula is C17H16ClNO5. The van der Waals surface area contributed by atoms with Gasteiger partial charge in [-0.3, -0.25) is 4.79 Å². The number of esters is 1. The number of rotatable bonds is 6. The lowest BCUT2D eigenvalue weighted by molar-refractivity contribution is -0.119. The maximum atomic E-state index is 11.8. The smallest absolute Gasteiger partial charge is 0.342 e. The number of phenolic OH excluding ortho intramolecular Hbond substituents is 1. The number of benzene rings is 2. The summed E-state index contributed by atoms with van der Waals surface area (Å²) in [5.74, 6) is -0.925. The topological polar surface area (TPSA) is 84.9 Å². The molecule has 0 heterocycles. The van der Waals surface area contributed by atoms with E-state index in [9.17, 15) is 14.7 Å². The lowest BCUT2D eigenvalue weighted by atomic mass is 10.2. The van der Waals surface area contributed by atoms with Crippen LogP contribution in [0.15, 0.2) is 42.5 Å². The molecule has 0 atom stereocenters. The van der Waals surface area contributed by atoms with E-state index < -0.39 is 18.5 Å². The summed E-state index contributed by atoms with van der Waals surface area (Å²) < 4.78 is 10.2. The van der Waals surface area contributed by atoms with Crippen molar-refractivity contribution in [1.82, 2.24) is 0 Å². The van der Waals surface area contributed by atoms with Gasteiger partial charge in [0.1, 0.15) is 17.1 Å². The predicted octanol–water partition coefficient (Wildman–Crippen LogP) is 3.24. The van der Waals surface area contributed by atoms with Gasteiger partial charge in [-0.25, -0.2) is 4.79 Å². The van der Waals surface area contributed by atoms with Crippen LogP contribution in [0.4, 0.5) is 5.69 Å². The quantitative estimate of drug-likeness (QED) is 0.782. The van der Waals surface area contributed by atoms with Gasteiger partial charge in [0.05, 0.1) is 6.61 Å². The van der Waals surface area contributed by atoms with Crippen LogP contribution in [0.25, 0.3) is 0 Å². The number of carbonyl (C=O) groups is 2. The Bertz CT molecular complexity index is 730. The standard InChI is InChI=1S/C17H16ClNO5/c1-2-23-13-6-4-12(5-7-13)19-16(21)10-24-17(22)14-8-3-11(18)9-15(14)20/h3-9,20H,2,10H2,1H3,(H,19,21). The Morgan fingerprint density at radius 2 is 1.88 bits per heavy atom. The first-order valence-electron chi connectivity index (χ1n) is 7.18. The zero-order valence-electron chi connectivity index (χ0n) is 12.9. The monoisotopic (exact) mass is 349 g/mol. The molecule has 0 radical (unpaired) electrons. The highest BCUT2D eigenvalue weighted by Gasteiger charge is 2.14. The zero-order valence-corrected chi connectivity index (χ0v) is 13.7. The minimum atomic E-state index is -0.814. The Morgan fingerprint density at radius 3 is 2.50 bits per heavy atom. The lowest BCUT2D eigenvalue weighted by Gasteiger charge is -2.08. The Hall–Kier alpha value is -2.73. The number of anilines is 1. The van der Waals surface area contributed by atoms with Crippen molar-refractivity contribution in [3.05, 3.63) is 53.1 Å². The molecular weight excluding hydrogens is 334 g/mol. The SMILES string of the molecule is CCOc1ccc(NC(=O)COC(=O)c2ccc(Cl)cc2O)cc1. The average Bonchev–Trinajstić information content (AvgIpc) is 2.55. The summed E-state index contributed by atoms with van der Waals surface area (Å²) in [5, 5.41) is 12.5. The van der Waals surface area contributed by atoms with Crippen LogP contribution in [-0.4, -0.2) is 30.2 Å². The third kappa shape index (κ3) is 4.89. The second kappa shape index (κ2) is 8.21. The van der Waals surface area contributed by atoms with Gasteiger partial charge in [-0.05, 0) is 49.4 Å². The molecule has 0 unspecified atom stereocenters. The minimum absolute atomic E-state index is 0.0618. The van der Waals surface area contributed by atoms with E-state index >= 15 is 0 Å². The Labute approximate surface area is 144 Å². The molecule has 0 saturated carbocycles. The molecule has 24 heavy (non-hydrogen) atoms. The largest absolute Gasteiger partial charge is 0.507 e. The van der Waals surface area contributed by atoms with Gasteiger partial charge in [0, 0.05) is 10.7 Å². The van der Waals surface area contributed by atoms with E-state index in [4.69, 9.17) is 21.1 Å². The summed E-state index contributed by atoms with van der Waals surface area (Å²) in [7, 11) is 0. The highest BCUT2D eigenvalue weighted by molar-refractivity contribution is 6.30. The molecule has 2 aromatic carbocycles. The summed E-state index contributed by atoms with van der Waals surface area (Å²) in [6, 6.07) is 10.8. The highest BCUT2D eigenvalue weighted by atomic mass is 35.5. The van der Waals surface area contributed by atoms with E-state index in [0.717, 1.165) is 0 Å². The molecule has 7 heteroatoms. The van der Waals surface area contributed by atoms with Crippen LogP contribution in [0.2, 0.25) is 5.02 Å². The number of hydrogen-bond donors (Lipinski definition) is 2. The number of nitrogens with one attached hydrogen (secondary N) is 1. The first-order valence-corrected chi connectivity index (χ1v) is 7.55. The van der Waals surface area contributed by atoms with E-state index in [1.165, 1.54) is 18.2 Å². The molecule has 6 nitrogen and oxygen atoms in total. The minimum Gasteiger partial charge on any atom is -0.507 e. The van der Waals surface area contributed by atoms with Crippen LogP contribution < -0.4 is 10.1 Å². The number of hydrogen-bond acceptors (Lipinski definition) is 5. The second-order valence-electron chi connectivity index (χ2n) is 4.74. The molecule has 0 aromatic heterocycles. The summed E-state index contributed by atoms with van der Waals surface area (Å²) in [6.07, 6.45) is 0. The van der Waals surface area contributed by atoms with E-state index in [-0.39, 0.29) is 16.3 Å². The number of amides is 1. The first-order chi connectivity index (χ1) is 11.5. The van der Waals surface area contributed by atoms with Crippen molar-refractivity contribution in [2.75, 3.05) is 18.5 Å². The van der Waals surface area contributed by atoms with E-state index in [1.54, 1.807) is 24.3 Å². The van der Waals surface area contributed by atoms with Crippen LogP contribution >= 0.6 is 11.6 Å². The third-order valence-corrected chi connectivity index (χ3v) is 3.20. The van der Waals surface area contributed by atoms with Crippen LogP contribution in [0, 0.1) is 0 Å². The van der Waals surface area contributed by atoms with Crippen LogP contribution in [0.1, 0.15) is 17.3 Å². The van der Waals surface area contributed by atoms with Crippen LogP contribution in [0.3, 0.4) is 0 Å². The Kier molecular flexibility index (Phi) is 6.03. The molecule has 0 saturated heterocycles. The second-order valence-corrected chi connectivity index (χ2v) is 5.18. The molecule has 2 aromatic rings. The van der Waals surface area contributed by atoms with Crippen molar-refractivity contribution in [2.24, 2.45) is 0 Å². The first kappa shape index (κ1) is 17.6. The molecule has 0 bridgehead atoms. The molecule has 0 aliphatic rings. The molecule has 2 rings (SSSR count). The zero-order chi connectivity index (χ0) is 17.5. The summed E-state index contributed by atoms with van der Waals surface area (Å²) in [4.78, 5) is 23.6. The van der Waals surface area contributed by atoms with E-state index in [2.05, 4.69) is 5.32 Å². The van der Waals surface area contributed by atoms with Gasteiger partial charge in [-0.1, -0.05) is 11.6 Å². The van der Waals surface area contributed by atoms with Crippen LogP contribution in [-0.2, 0) is 9.53 Å². The van der Waals surface area contributed by atoms with Crippen molar-refractivity contribution in [2.45, 2.75) is 6.92 Å². The van der Waals surface area contributed by atoms with Gasteiger partial charge >= 0.3 is 5.97 Å². The number of carbonyl (C=O) groups excluding carboxylic acids is 2. The Morgan fingerprint density at radius 1 is 1.17 bits per heavy atom. The summed E-state index contributed by atoms with van der Waals surface area (Å²) in [5.41, 5.74) is 0.488. The van der Waals surface area contributed by atoms with E-state index in [0.29, 0.717) is 18.0 Å². The van der Waals surface area contributed by atoms with Gasteiger partial charge in [0.25, 0.3) is 5.91 Å².